The van der Waals surface area contributed by atoms with E-state index in [-0.39, 0.29) is 12.1 Å². The van der Waals surface area contributed by atoms with Crippen molar-refractivity contribution in [3.8, 4) is 0 Å². The first-order valence-electron chi connectivity index (χ1n) is 5.75. The molecule has 6 heteroatoms. The molecule has 2 aromatic carbocycles. The molecule has 0 heterocycles. The Morgan fingerprint density at radius 2 is 1.80 bits per heavy atom. The van der Waals surface area contributed by atoms with Crippen LogP contribution in [0.25, 0.3) is 0 Å². The van der Waals surface area contributed by atoms with Crippen molar-refractivity contribution < 1.29 is 13.6 Å². The highest BCUT2D eigenvalue weighted by Crippen LogP contribution is 2.19. The van der Waals surface area contributed by atoms with Gasteiger partial charge in [-0.3, -0.25) is 4.79 Å². The van der Waals surface area contributed by atoms with Crippen LogP contribution in [-0.4, -0.2) is 5.91 Å². The molecule has 0 bridgehead atoms. The van der Waals surface area contributed by atoms with E-state index in [0.29, 0.717) is 5.02 Å². The molecule has 1 amide bonds. The van der Waals surface area contributed by atoms with Gasteiger partial charge in [-0.1, -0.05) is 23.7 Å². The van der Waals surface area contributed by atoms with Gasteiger partial charge in [-0.15, -0.1) is 0 Å². The monoisotopic (exact) mass is 296 g/mol. The Bertz CT molecular complexity index is 644. The summed E-state index contributed by atoms with van der Waals surface area (Å²) >= 11 is 5.74. The van der Waals surface area contributed by atoms with Crippen LogP contribution < -0.4 is 11.1 Å². The number of nitrogens with one attached hydrogen (secondary N) is 1. The second kappa shape index (κ2) is 5.88. The molecule has 104 valence electrons. The van der Waals surface area contributed by atoms with Crippen LogP contribution in [0.1, 0.15) is 15.9 Å². The molecule has 3 N–H and O–H groups in total. The van der Waals surface area contributed by atoms with Crippen molar-refractivity contribution in [2.24, 2.45) is 0 Å². The molecule has 20 heavy (non-hydrogen) atoms. The number of halogens is 3. The van der Waals surface area contributed by atoms with E-state index in [1.807, 2.05) is 0 Å². The summed E-state index contributed by atoms with van der Waals surface area (Å²) in [6.07, 6.45) is 0. The average Bonchev–Trinajstić information content (AvgIpc) is 2.44. The molecule has 0 atom stereocenters. The number of carbonyl (C=O) groups is 1. The molecule has 0 aliphatic rings. The third kappa shape index (κ3) is 3.05. The number of nitrogen functional groups attached to an aromatic ring is 1. The van der Waals surface area contributed by atoms with Gasteiger partial charge in [0, 0.05) is 11.6 Å². The zero-order chi connectivity index (χ0) is 14.7. The lowest BCUT2D eigenvalue weighted by molar-refractivity contribution is 0.0951. The predicted octanol–water partition coefficient (Wildman–Crippen LogP) is 3.13. The normalized spacial score (nSPS) is 10.3. The average molecular weight is 297 g/mol. The minimum Gasteiger partial charge on any atom is -0.396 e. The molecule has 2 rings (SSSR count). The fourth-order valence-corrected chi connectivity index (χ4v) is 1.77. The number of anilines is 1. The van der Waals surface area contributed by atoms with Crippen LogP contribution >= 0.6 is 11.6 Å². The maximum absolute atomic E-state index is 13.3. The van der Waals surface area contributed by atoms with Gasteiger partial charge in [0.1, 0.15) is 0 Å². The molecule has 0 spiro atoms. The topological polar surface area (TPSA) is 55.1 Å². The number of benzene rings is 2. The van der Waals surface area contributed by atoms with Crippen molar-refractivity contribution in [2.45, 2.75) is 6.54 Å². The second-order valence-corrected chi connectivity index (χ2v) is 4.57. The van der Waals surface area contributed by atoms with E-state index >= 15 is 0 Å². The first-order chi connectivity index (χ1) is 9.49. The van der Waals surface area contributed by atoms with Gasteiger partial charge in [0.25, 0.3) is 5.91 Å². The molecule has 0 saturated heterocycles. The molecule has 0 fully saturated rings. The quantitative estimate of drug-likeness (QED) is 0.855. The predicted molar refractivity (Wildman–Crippen MR) is 73.4 cm³/mol. The highest BCUT2D eigenvalue weighted by Gasteiger charge is 2.15. The van der Waals surface area contributed by atoms with Crippen LogP contribution in [-0.2, 0) is 6.54 Å². The molecular weight excluding hydrogens is 286 g/mol. The fourth-order valence-electron chi connectivity index (χ4n) is 1.64. The third-order valence-electron chi connectivity index (χ3n) is 2.74. The minimum absolute atomic E-state index is 0.0992. The molecule has 3 nitrogen and oxygen atoms in total. The number of nitrogens with two attached hydrogens (primary N) is 1. The highest BCUT2D eigenvalue weighted by molar-refractivity contribution is 6.30. The minimum atomic E-state index is -1.22. The van der Waals surface area contributed by atoms with Crippen LogP contribution in [0.4, 0.5) is 14.5 Å². The highest BCUT2D eigenvalue weighted by atomic mass is 35.5. The number of hydrogen-bond donors (Lipinski definition) is 2. The van der Waals surface area contributed by atoms with Gasteiger partial charge in [-0.2, -0.15) is 0 Å². The van der Waals surface area contributed by atoms with Gasteiger partial charge in [0.05, 0.1) is 11.3 Å². The van der Waals surface area contributed by atoms with Crippen LogP contribution in [0.5, 0.6) is 0 Å². The van der Waals surface area contributed by atoms with Gasteiger partial charge in [0.15, 0.2) is 11.6 Å². The Labute approximate surface area is 119 Å². The molecule has 0 aliphatic heterocycles. The molecular formula is C14H11ClF2N2O. The van der Waals surface area contributed by atoms with E-state index in [9.17, 15) is 13.6 Å². The summed E-state index contributed by atoms with van der Waals surface area (Å²) in [4.78, 5) is 11.9. The van der Waals surface area contributed by atoms with Crippen molar-refractivity contribution in [3.05, 3.63) is 64.2 Å². The van der Waals surface area contributed by atoms with Crippen LogP contribution in [0.15, 0.2) is 36.4 Å². The number of amides is 1. The SMILES string of the molecule is Nc1c(C(=O)NCc2ccc(Cl)cc2)ccc(F)c1F. The van der Waals surface area contributed by atoms with E-state index in [1.54, 1.807) is 24.3 Å². The Morgan fingerprint density at radius 1 is 1.15 bits per heavy atom. The first-order valence-corrected chi connectivity index (χ1v) is 6.13. The lowest BCUT2D eigenvalue weighted by Gasteiger charge is -2.08. The fraction of sp³-hybridized carbons (Fsp3) is 0.0714. The Hall–Kier alpha value is -2.14. The smallest absolute Gasteiger partial charge is 0.253 e. The molecule has 2 aromatic rings. The van der Waals surface area contributed by atoms with E-state index in [2.05, 4.69) is 5.32 Å². The zero-order valence-electron chi connectivity index (χ0n) is 10.3. The van der Waals surface area contributed by atoms with E-state index in [0.717, 1.165) is 17.7 Å². The first kappa shape index (κ1) is 14.3. The molecule has 0 aliphatic carbocycles. The van der Waals surface area contributed by atoms with Crippen molar-refractivity contribution in [3.63, 3.8) is 0 Å². The van der Waals surface area contributed by atoms with Crippen molar-refractivity contribution in [1.29, 1.82) is 0 Å². The lowest BCUT2D eigenvalue weighted by atomic mass is 10.1. The van der Waals surface area contributed by atoms with E-state index in [1.165, 1.54) is 0 Å². The van der Waals surface area contributed by atoms with Gasteiger partial charge in [-0.05, 0) is 29.8 Å². The molecule has 0 unspecified atom stereocenters. The van der Waals surface area contributed by atoms with Crippen LogP contribution in [0, 0.1) is 11.6 Å². The summed E-state index contributed by atoms with van der Waals surface area (Å²) in [5.41, 5.74) is 5.60. The summed E-state index contributed by atoms with van der Waals surface area (Å²) in [5.74, 6) is -2.88. The maximum Gasteiger partial charge on any atom is 0.253 e. The van der Waals surface area contributed by atoms with Crippen molar-refractivity contribution in [2.75, 3.05) is 5.73 Å². The molecule has 0 radical (unpaired) electrons. The number of hydrogen-bond acceptors (Lipinski definition) is 2. The van der Waals surface area contributed by atoms with Gasteiger partial charge < -0.3 is 11.1 Å². The standard InChI is InChI=1S/C14H11ClF2N2O/c15-9-3-1-8(2-4-9)7-19-14(20)10-5-6-11(16)12(17)13(10)18/h1-6H,7,18H2,(H,19,20). The largest absolute Gasteiger partial charge is 0.396 e. The lowest BCUT2D eigenvalue weighted by Crippen LogP contribution is -2.24. The summed E-state index contributed by atoms with van der Waals surface area (Å²) < 4.78 is 26.2. The summed E-state index contributed by atoms with van der Waals surface area (Å²) in [5, 5.41) is 3.16. The van der Waals surface area contributed by atoms with Crippen molar-refractivity contribution in [1.82, 2.24) is 5.32 Å². The Morgan fingerprint density at radius 3 is 2.45 bits per heavy atom. The van der Waals surface area contributed by atoms with E-state index < -0.39 is 23.2 Å². The summed E-state index contributed by atoms with van der Waals surface area (Å²) in [7, 11) is 0. The summed E-state index contributed by atoms with van der Waals surface area (Å²) in [6, 6.07) is 8.88. The number of carbonyl (C=O) groups excluding carboxylic acids is 1. The second-order valence-electron chi connectivity index (χ2n) is 4.13. The third-order valence-corrected chi connectivity index (χ3v) is 3.00. The van der Waals surface area contributed by atoms with Crippen LogP contribution in [0.2, 0.25) is 5.02 Å². The Kier molecular flexibility index (Phi) is 4.20. The van der Waals surface area contributed by atoms with Gasteiger partial charge in [0.2, 0.25) is 0 Å². The van der Waals surface area contributed by atoms with Gasteiger partial charge in [-0.25, -0.2) is 8.78 Å². The Balaban J connectivity index is 2.09. The maximum atomic E-state index is 13.3. The zero-order valence-corrected chi connectivity index (χ0v) is 11.0. The number of rotatable bonds is 3. The van der Waals surface area contributed by atoms with Crippen molar-refractivity contribution >= 4 is 23.2 Å². The van der Waals surface area contributed by atoms with E-state index in [4.69, 9.17) is 17.3 Å². The van der Waals surface area contributed by atoms with Crippen LogP contribution in [0.3, 0.4) is 0 Å². The van der Waals surface area contributed by atoms with Gasteiger partial charge >= 0.3 is 0 Å². The molecule has 0 aromatic heterocycles. The molecule has 0 saturated carbocycles. The summed E-state index contributed by atoms with van der Waals surface area (Å²) in [6.45, 7) is 0.231.